The topological polar surface area (TPSA) is 59.7 Å². The van der Waals surface area contributed by atoms with Gasteiger partial charge in [0.1, 0.15) is 14.0 Å². The molecule has 0 aliphatic carbocycles. The molecule has 2 aromatic heterocycles. The summed E-state index contributed by atoms with van der Waals surface area (Å²) < 4.78 is 8.71. The Kier molecular flexibility index (Phi) is 3.72. The Morgan fingerprint density at radius 1 is 1.37 bits per heavy atom. The van der Waals surface area contributed by atoms with E-state index in [9.17, 15) is 4.79 Å². The molecule has 0 bridgehead atoms. The number of aromatic nitrogens is 3. The number of carbonyl (C=O) groups excluding carboxylic acids is 1. The quantitative estimate of drug-likeness (QED) is 0.530. The van der Waals surface area contributed by atoms with Crippen molar-refractivity contribution < 1.29 is 9.53 Å². The summed E-state index contributed by atoms with van der Waals surface area (Å²) >= 11 is 5.56. The molecule has 6 nitrogen and oxygen atoms in total. The fraction of sp³-hybridized carbons (Fsp3) is 0.364. The van der Waals surface area contributed by atoms with Crippen LogP contribution in [0.3, 0.4) is 0 Å². The molecular formula is C11H10BrIN4O2. The number of nitrogens with zero attached hydrogens (tertiary/aromatic N) is 4. The first-order valence-electron chi connectivity index (χ1n) is 5.72. The Morgan fingerprint density at radius 2 is 2.11 bits per heavy atom. The number of rotatable bonds is 2. The molecule has 8 heteroatoms. The second-order valence-corrected chi connectivity index (χ2v) is 5.94. The predicted molar refractivity (Wildman–Crippen MR) is 81.8 cm³/mol. The summed E-state index contributed by atoms with van der Waals surface area (Å²) in [5.74, 6) is 0.795. The SMILES string of the molecule is O=Cc1nc2c(N3CCOCC3)nc(I)cn2c1Br. The smallest absolute Gasteiger partial charge is 0.181 e. The van der Waals surface area contributed by atoms with Gasteiger partial charge < -0.3 is 9.64 Å². The highest BCUT2D eigenvalue weighted by atomic mass is 127. The third-order valence-corrected chi connectivity index (χ3v) is 4.26. The average Bonchev–Trinajstić information content (AvgIpc) is 2.76. The highest BCUT2D eigenvalue weighted by molar-refractivity contribution is 14.1. The van der Waals surface area contributed by atoms with Gasteiger partial charge in [-0.2, -0.15) is 0 Å². The molecule has 100 valence electrons. The van der Waals surface area contributed by atoms with Crippen molar-refractivity contribution in [3.8, 4) is 0 Å². The molecule has 0 spiro atoms. The van der Waals surface area contributed by atoms with Gasteiger partial charge in [-0.3, -0.25) is 9.20 Å². The van der Waals surface area contributed by atoms with Crippen LogP contribution in [0.15, 0.2) is 10.8 Å². The molecule has 1 saturated heterocycles. The van der Waals surface area contributed by atoms with Crippen LogP contribution in [0, 0.1) is 3.70 Å². The minimum atomic E-state index is 0.387. The maximum atomic E-state index is 11.0. The van der Waals surface area contributed by atoms with Crippen molar-refractivity contribution in [1.82, 2.24) is 14.4 Å². The minimum absolute atomic E-state index is 0.387. The molecule has 0 amide bonds. The molecule has 2 aromatic rings. The van der Waals surface area contributed by atoms with E-state index in [1.807, 2.05) is 10.6 Å². The van der Waals surface area contributed by atoms with Crippen LogP contribution in [-0.4, -0.2) is 47.0 Å². The second kappa shape index (κ2) is 5.33. The van der Waals surface area contributed by atoms with Crippen molar-refractivity contribution in [3.63, 3.8) is 0 Å². The van der Waals surface area contributed by atoms with E-state index in [0.717, 1.165) is 28.9 Å². The van der Waals surface area contributed by atoms with E-state index in [1.165, 1.54) is 0 Å². The number of ether oxygens (including phenoxy) is 1. The maximum Gasteiger partial charge on any atom is 0.181 e. The molecule has 19 heavy (non-hydrogen) atoms. The van der Waals surface area contributed by atoms with Crippen LogP contribution in [0.2, 0.25) is 0 Å². The number of hydrogen-bond donors (Lipinski definition) is 0. The highest BCUT2D eigenvalue weighted by Gasteiger charge is 2.20. The minimum Gasteiger partial charge on any atom is -0.378 e. The highest BCUT2D eigenvalue weighted by Crippen LogP contribution is 2.26. The molecule has 1 fully saturated rings. The van der Waals surface area contributed by atoms with Gasteiger partial charge in [-0.15, -0.1) is 0 Å². The molecule has 1 aliphatic rings. The van der Waals surface area contributed by atoms with E-state index in [1.54, 1.807) is 0 Å². The molecule has 0 radical (unpaired) electrons. The number of hydrogen-bond acceptors (Lipinski definition) is 5. The Balaban J connectivity index is 2.19. The van der Waals surface area contributed by atoms with E-state index in [0.29, 0.717) is 29.2 Å². The first kappa shape index (κ1) is 13.3. The lowest BCUT2D eigenvalue weighted by Gasteiger charge is -2.28. The summed E-state index contributed by atoms with van der Waals surface area (Å²) in [6.07, 6.45) is 2.59. The normalized spacial score (nSPS) is 16.0. The first-order chi connectivity index (χ1) is 9.20. The second-order valence-electron chi connectivity index (χ2n) is 4.09. The van der Waals surface area contributed by atoms with Crippen LogP contribution in [0.1, 0.15) is 10.5 Å². The molecule has 0 unspecified atom stereocenters. The Labute approximate surface area is 131 Å². The molecular weight excluding hydrogens is 427 g/mol. The monoisotopic (exact) mass is 436 g/mol. The van der Waals surface area contributed by atoms with Gasteiger partial charge in [0.05, 0.1) is 13.2 Å². The number of fused-ring (bicyclic) bond motifs is 1. The van der Waals surface area contributed by atoms with E-state index in [2.05, 4.69) is 53.4 Å². The van der Waals surface area contributed by atoms with Gasteiger partial charge in [0.15, 0.2) is 17.8 Å². The van der Waals surface area contributed by atoms with Crippen LogP contribution >= 0.6 is 38.5 Å². The fourth-order valence-corrected chi connectivity index (χ4v) is 3.01. The van der Waals surface area contributed by atoms with Crippen LogP contribution in [0.4, 0.5) is 5.82 Å². The van der Waals surface area contributed by atoms with Crippen molar-refractivity contribution in [2.75, 3.05) is 31.2 Å². The van der Waals surface area contributed by atoms with Crippen LogP contribution < -0.4 is 4.90 Å². The van der Waals surface area contributed by atoms with Gasteiger partial charge in [-0.25, -0.2) is 9.97 Å². The molecule has 3 heterocycles. The zero-order valence-electron chi connectivity index (χ0n) is 9.84. The molecule has 0 N–H and O–H groups in total. The molecule has 0 saturated carbocycles. The van der Waals surface area contributed by atoms with E-state index in [4.69, 9.17) is 4.74 Å². The number of imidazole rings is 1. The summed E-state index contributed by atoms with van der Waals surface area (Å²) in [5, 5.41) is 0. The number of anilines is 1. The van der Waals surface area contributed by atoms with Gasteiger partial charge in [0.25, 0.3) is 0 Å². The van der Waals surface area contributed by atoms with Crippen LogP contribution in [0.25, 0.3) is 5.65 Å². The standard InChI is InChI=1S/C11H10BrIN4O2/c12-9-7(6-18)14-11-10(15-8(13)5-17(9)11)16-1-3-19-4-2-16/h5-6H,1-4H2. The number of halogens is 2. The maximum absolute atomic E-state index is 11.0. The van der Waals surface area contributed by atoms with E-state index < -0.39 is 0 Å². The number of aldehydes is 1. The summed E-state index contributed by atoms with van der Waals surface area (Å²) in [5.41, 5.74) is 1.08. The zero-order chi connectivity index (χ0) is 13.4. The number of morpholine rings is 1. The summed E-state index contributed by atoms with van der Waals surface area (Å²) in [7, 11) is 0. The van der Waals surface area contributed by atoms with Gasteiger partial charge in [-0.1, -0.05) is 0 Å². The summed E-state index contributed by atoms with van der Waals surface area (Å²) in [4.78, 5) is 22.0. The van der Waals surface area contributed by atoms with Crippen molar-refractivity contribution in [2.24, 2.45) is 0 Å². The van der Waals surface area contributed by atoms with Crippen molar-refractivity contribution >= 4 is 56.3 Å². The van der Waals surface area contributed by atoms with Crippen molar-refractivity contribution in [1.29, 1.82) is 0 Å². The fourth-order valence-electron chi connectivity index (χ4n) is 2.05. The molecule has 1 aliphatic heterocycles. The molecule has 3 rings (SSSR count). The Morgan fingerprint density at radius 3 is 2.79 bits per heavy atom. The van der Waals surface area contributed by atoms with E-state index >= 15 is 0 Å². The largest absolute Gasteiger partial charge is 0.378 e. The lowest BCUT2D eigenvalue weighted by atomic mass is 10.4. The van der Waals surface area contributed by atoms with Gasteiger partial charge >= 0.3 is 0 Å². The van der Waals surface area contributed by atoms with Crippen LogP contribution in [0.5, 0.6) is 0 Å². The summed E-state index contributed by atoms with van der Waals surface area (Å²) in [6.45, 7) is 2.93. The lowest BCUT2D eigenvalue weighted by molar-refractivity contribution is 0.111. The summed E-state index contributed by atoms with van der Waals surface area (Å²) in [6, 6.07) is 0. The first-order valence-corrected chi connectivity index (χ1v) is 7.60. The predicted octanol–water partition coefficient (Wildman–Crippen LogP) is 1.75. The van der Waals surface area contributed by atoms with Crippen molar-refractivity contribution in [2.45, 2.75) is 0 Å². The Bertz CT molecular complexity index is 639. The molecule has 0 aromatic carbocycles. The number of carbonyl (C=O) groups is 1. The zero-order valence-corrected chi connectivity index (χ0v) is 13.6. The van der Waals surface area contributed by atoms with Crippen LogP contribution in [-0.2, 0) is 4.74 Å². The van der Waals surface area contributed by atoms with Gasteiger partial charge in [-0.05, 0) is 38.5 Å². The molecule has 0 atom stereocenters. The Hall–Kier alpha value is -0.740. The third-order valence-electron chi connectivity index (χ3n) is 2.95. The van der Waals surface area contributed by atoms with Gasteiger partial charge in [0.2, 0.25) is 0 Å². The van der Waals surface area contributed by atoms with Crippen molar-refractivity contribution in [3.05, 3.63) is 20.2 Å². The van der Waals surface area contributed by atoms with E-state index in [-0.39, 0.29) is 0 Å². The average molecular weight is 437 g/mol. The third kappa shape index (κ3) is 2.36. The lowest BCUT2D eigenvalue weighted by Crippen LogP contribution is -2.37. The van der Waals surface area contributed by atoms with Gasteiger partial charge in [0, 0.05) is 19.3 Å².